The molecule has 0 bridgehead atoms. The van der Waals surface area contributed by atoms with Gasteiger partial charge in [-0.05, 0) is 45.3 Å². The van der Waals surface area contributed by atoms with Crippen LogP contribution in [0.5, 0.6) is 0 Å². The van der Waals surface area contributed by atoms with Crippen LogP contribution in [0.15, 0.2) is 36.4 Å². The van der Waals surface area contributed by atoms with Crippen LogP contribution in [0.1, 0.15) is 27.1 Å². The summed E-state index contributed by atoms with van der Waals surface area (Å²) in [5.74, 6) is -3.15. The van der Waals surface area contributed by atoms with Crippen molar-refractivity contribution in [2.45, 2.75) is 6.42 Å². The molecule has 7 nitrogen and oxygen atoms in total. The summed E-state index contributed by atoms with van der Waals surface area (Å²) < 4.78 is 28.0. The summed E-state index contributed by atoms with van der Waals surface area (Å²) >= 11 is 0.980. The molecule has 0 unspecified atom stereocenters. The standard InChI is InChI=1S/C22H20F2N4O3S/c1-26(2)8-5-9-27(22-25-19-16(24)10-13(23)11-17(19)32-22)18(29)12-28-20(30)14-6-3-4-7-15(14)21(28)31/h3-4,6-7,10-11H,5,8-9,12H2,1-2H3. The van der Waals surface area contributed by atoms with Crippen molar-refractivity contribution >= 4 is 44.4 Å². The average molecular weight is 458 g/mol. The van der Waals surface area contributed by atoms with E-state index >= 15 is 0 Å². The first-order chi connectivity index (χ1) is 15.3. The second-order valence-corrected chi connectivity index (χ2v) is 8.68. The fraction of sp³-hybridized carbons (Fsp3) is 0.273. The lowest BCUT2D eigenvalue weighted by Crippen LogP contribution is -2.43. The Kier molecular flexibility index (Phi) is 5.98. The van der Waals surface area contributed by atoms with Crippen molar-refractivity contribution in [3.63, 3.8) is 0 Å². The molecule has 2 aromatic carbocycles. The summed E-state index contributed by atoms with van der Waals surface area (Å²) in [4.78, 5) is 46.9. The third-order valence-corrected chi connectivity index (χ3v) is 6.12. The van der Waals surface area contributed by atoms with Crippen molar-refractivity contribution < 1.29 is 23.2 Å². The molecular weight excluding hydrogens is 438 g/mol. The van der Waals surface area contributed by atoms with Gasteiger partial charge in [0.05, 0.1) is 15.8 Å². The van der Waals surface area contributed by atoms with Gasteiger partial charge in [0.1, 0.15) is 17.9 Å². The van der Waals surface area contributed by atoms with Gasteiger partial charge in [-0.25, -0.2) is 13.8 Å². The van der Waals surface area contributed by atoms with Crippen molar-refractivity contribution in [1.29, 1.82) is 0 Å². The number of hydrogen-bond donors (Lipinski definition) is 0. The highest BCUT2D eigenvalue weighted by molar-refractivity contribution is 7.22. The van der Waals surface area contributed by atoms with E-state index in [0.717, 1.165) is 28.4 Å². The van der Waals surface area contributed by atoms with E-state index in [2.05, 4.69) is 4.98 Å². The molecule has 3 amide bonds. The zero-order chi connectivity index (χ0) is 23.0. The fourth-order valence-corrected chi connectivity index (χ4v) is 4.58. The fourth-order valence-electron chi connectivity index (χ4n) is 3.54. The van der Waals surface area contributed by atoms with Crippen LogP contribution in [-0.2, 0) is 4.79 Å². The number of anilines is 1. The van der Waals surface area contributed by atoms with E-state index in [1.807, 2.05) is 19.0 Å². The minimum absolute atomic E-state index is 0.0301. The first-order valence-electron chi connectivity index (χ1n) is 9.92. The van der Waals surface area contributed by atoms with Crippen LogP contribution in [0, 0.1) is 11.6 Å². The largest absolute Gasteiger partial charge is 0.309 e. The number of amides is 3. The van der Waals surface area contributed by atoms with Crippen molar-refractivity contribution in [2.24, 2.45) is 0 Å². The molecule has 0 radical (unpaired) electrons. The SMILES string of the molecule is CN(C)CCCN(C(=O)CN1C(=O)c2ccccc2C1=O)c1nc2c(F)cc(F)cc2s1. The molecule has 10 heteroatoms. The summed E-state index contributed by atoms with van der Waals surface area (Å²) in [6, 6.07) is 8.28. The molecule has 3 aromatic rings. The summed E-state index contributed by atoms with van der Waals surface area (Å²) in [6.07, 6.45) is 0.577. The lowest BCUT2D eigenvalue weighted by atomic mass is 10.1. The molecule has 1 aliphatic heterocycles. The lowest BCUT2D eigenvalue weighted by Gasteiger charge is -2.23. The molecule has 32 heavy (non-hydrogen) atoms. The normalized spacial score (nSPS) is 13.3. The van der Waals surface area contributed by atoms with E-state index in [1.165, 1.54) is 4.90 Å². The Bertz CT molecular complexity index is 1190. The molecule has 0 spiro atoms. The molecule has 0 fully saturated rings. The number of nitrogens with zero attached hydrogens (tertiary/aromatic N) is 4. The maximum absolute atomic E-state index is 14.2. The zero-order valence-corrected chi connectivity index (χ0v) is 18.3. The van der Waals surface area contributed by atoms with Crippen LogP contribution < -0.4 is 4.90 Å². The highest BCUT2D eigenvalue weighted by Crippen LogP contribution is 2.32. The van der Waals surface area contributed by atoms with Gasteiger partial charge in [-0.15, -0.1) is 0 Å². The first kappa shape index (κ1) is 22.0. The molecule has 0 N–H and O–H groups in total. The van der Waals surface area contributed by atoms with E-state index in [1.54, 1.807) is 24.3 Å². The Morgan fingerprint density at radius 3 is 2.34 bits per heavy atom. The number of rotatable bonds is 7. The van der Waals surface area contributed by atoms with E-state index in [0.29, 0.717) is 13.0 Å². The van der Waals surface area contributed by atoms with E-state index in [4.69, 9.17) is 0 Å². The number of fused-ring (bicyclic) bond motifs is 2. The van der Waals surface area contributed by atoms with Gasteiger partial charge in [0.2, 0.25) is 5.91 Å². The second kappa shape index (κ2) is 8.71. The molecule has 4 rings (SSSR count). The number of carbonyl (C=O) groups excluding carboxylic acids is 3. The Labute approximate surface area is 186 Å². The quantitative estimate of drug-likeness (QED) is 0.509. The van der Waals surface area contributed by atoms with Gasteiger partial charge in [-0.1, -0.05) is 23.5 Å². The van der Waals surface area contributed by atoms with Crippen LogP contribution in [-0.4, -0.2) is 66.2 Å². The van der Waals surface area contributed by atoms with Gasteiger partial charge in [-0.3, -0.25) is 24.2 Å². The van der Waals surface area contributed by atoms with Gasteiger partial charge in [-0.2, -0.15) is 0 Å². The van der Waals surface area contributed by atoms with Gasteiger partial charge in [0.25, 0.3) is 11.8 Å². The smallest absolute Gasteiger partial charge is 0.262 e. The number of thiazole rings is 1. The number of imide groups is 1. The molecule has 0 saturated carbocycles. The van der Waals surface area contributed by atoms with E-state index in [9.17, 15) is 23.2 Å². The number of benzene rings is 2. The van der Waals surface area contributed by atoms with E-state index < -0.39 is 35.9 Å². The van der Waals surface area contributed by atoms with Crippen LogP contribution in [0.2, 0.25) is 0 Å². The van der Waals surface area contributed by atoms with Gasteiger partial charge < -0.3 is 4.90 Å². The molecule has 166 valence electrons. The van der Waals surface area contributed by atoms with E-state index in [-0.39, 0.29) is 33.0 Å². The third kappa shape index (κ3) is 4.11. The molecule has 0 saturated heterocycles. The molecular formula is C22H20F2N4O3S. The summed E-state index contributed by atoms with van der Waals surface area (Å²) in [5, 5.41) is 0.185. The van der Waals surface area contributed by atoms with Crippen LogP contribution >= 0.6 is 11.3 Å². The zero-order valence-electron chi connectivity index (χ0n) is 17.5. The Morgan fingerprint density at radius 2 is 1.72 bits per heavy atom. The maximum atomic E-state index is 14.2. The van der Waals surface area contributed by atoms with Crippen molar-refractivity contribution in [3.8, 4) is 0 Å². The average Bonchev–Trinajstić information content (AvgIpc) is 3.26. The highest BCUT2D eigenvalue weighted by Gasteiger charge is 2.37. The second-order valence-electron chi connectivity index (χ2n) is 7.68. The summed E-state index contributed by atoms with van der Waals surface area (Å²) in [5.41, 5.74) is 0.474. The van der Waals surface area contributed by atoms with Crippen molar-refractivity contribution in [1.82, 2.24) is 14.8 Å². The topological polar surface area (TPSA) is 73.8 Å². The number of aromatic nitrogens is 1. The van der Waals surface area contributed by atoms with Crippen LogP contribution in [0.4, 0.5) is 13.9 Å². The lowest BCUT2D eigenvalue weighted by molar-refractivity contribution is -0.119. The van der Waals surface area contributed by atoms with Crippen molar-refractivity contribution in [3.05, 3.63) is 59.2 Å². The van der Waals surface area contributed by atoms with Gasteiger partial charge in [0, 0.05) is 12.6 Å². The van der Waals surface area contributed by atoms with Crippen molar-refractivity contribution in [2.75, 3.05) is 38.6 Å². The van der Waals surface area contributed by atoms with Crippen LogP contribution in [0.3, 0.4) is 0 Å². The molecule has 0 atom stereocenters. The van der Waals surface area contributed by atoms with Crippen LogP contribution in [0.25, 0.3) is 10.2 Å². The number of hydrogen-bond acceptors (Lipinski definition) is 6. The maximum Gasteiger partial charge on any atom is 0.262 e. The Hall–Kier alpha value is -3.24. The van der Waals surface area contributed by atoms with Gasteiger partial charge >= 0.3 is 0 Å². The predicted octanol–water partition coefficient (Wildman–Crippen LogP) is 3.16. The Balaban J connectivity index is 1.62. The number of carbonyl (C=O) groups is 3. The number of halogens is 2. The minimum atomic E-state index is -0.816. The molecule has 1 aromatic heterocycles. The molecule has 0 aliphatic carbocycles. The molecule has 1 aliphatic rings. The first-order valence-corrected chi connectivity index (χ1v) is 10.7. The minimum Gasteiger partial charge on any atom is -0.309 e. The monoisotopic (exact) mass is 458 g/mol. The predicted molar refractivity (Wildman–Crippen MR) is 117 cm³/mol. The Morgan fingerprint density at radius 1 is 1.06 bits per heavy atom. The summed E-state index contributed by atoms with van der Waals surface area (Å²) in [7, 11) is 3.78. The molecule has 2 heterocycles. The highest BCUT2D eigenvalue weighted by atomic mass is 32.1. The third-order valence-electron chi connectivity index (χ3n) is 5.09. The summed E-state index contributed by atoms with van der Waals surface area (Å²) in [6.45, 7) is 0.440. The van der Waals surface area contributed by atoms with Gasteiger partial charge in [0.15, 0.2) is 10.9 Å².